The van der Waals surface area contributed by atoms with E-state index in [2.05, 4.69) is 0 Å². The fourth-order valence-electron chi connectivity index (χ4n) is 1.10. The average Bonchev–Trinajstić information content (AvgIpc) is 2.18. The largest absolute Gasteiger partial charge is 0.504 e. The van der Waals surface area contributed by atoms with Gasteiger partial charge in [0.15, 0.2) is 11.5 Å². The summed E-state index contributed by atoms with van der Waals surface area (Å²) in [6.07, 6.45) is 1.88. The first-order chi connectivity index (χ1) is 7.16. The van der Waals surface area contributed by atoms with E-state index in [1.165, 1.54) is 18.2 Å². The Morgan fingerprint density at radius 1 is 1.00 bits per heavy atom. The van der Waals surface area contributed by atoms with Crippen LogP contribution in [0.15, 0.2) is 30.4 Å². The summed E-state index contributed by atoms with van der Waals surface area (Å²) < 4.78 is 9.57. The number of hydrogen-bond acceptors (Lipinski definition) is 5. The molecular weight excluding hydrogens is 200 g/mol. The summed E-state index contributed by atoms with van der Waals surface area (Å²) in [5.41, 5.74) is 0. The summed E-state index contributed by atoms with van der Waals surface area (Å²) in [7, 11) is 0. The molecule has 0 unspecified atom stereocenters. The van der Waals surface area contributed by atoms with Gasteiger partial charge in [0.25, 0.3) is 0 Å². The molecule has 1 aromatic rings. The lowest BCUT2D eigenvalue weighted by Crippen LogP contribution is -2.13. The molecule has 76 valence electrons. The number of para-hydroxylation sites is 1. The summed E-state index contributed by atoms with van der Waals surface area (Å²) in [4.78, 5) is 22.1. The third-order valence-corrected chi connectivity index (χ3v) is 1.73. The molecule has 0 fully saturated rings. The van der Waals surface area contributed by atoms with Gasteiger partial charge in [-0.05, 0) is 12.1 Å². The maximum absolute atomic E-state index is 11.1. The van der Waals surface area contributed by atoms with Crippen molar-refractivity contribution >= 4 is 11.9 Å². The van der Waals surface area contributed by atoms with Crippen molar-refractivity contribution < 1.29 is 24.2 Å². The van der Waals surface area contributed by atoms with Gasteiger partial charge in [0.05, 0.1) is 0 Å². The number of ether oxygens (including phenoxy) is 2. The van der Waals surface area contributed by atoms with Gasteiger partial charge in [0.1, 0.15) is 0 Å². The molecule has 0 aliphatic carbocycles. The molecule has 5 nitrogen and oxygen atoms in total. The summed E-state index contributed by atoms with van der Waals surface area (Å²) in [6.45, 7) is 0. The van der Waals surface area contributed by atoms with Crippen LogP contribution in [0.5, 0.6) is 17.2 Å². The van der Waals surface area contributed by atoms with E-state index in [4.69, 9.17) is 9.47 Å². The second-order valence-electron chi connectivity index (χ2n) is 2.78. The van der Waals surface area contributed by atoms with Crippen LogP contribution in [0.4, 0.5) is 0 Å². The second kappa shape index (κ2) is 3.45. The van der Waals surface area contributed by atoms with Gasteiger partial charge in [0, 0.05) is 12.2 Å². The van der Waals surface area contributed by atoms with Crippen LogP contribution in [0.3, 0.4) is 0 Å². The number of phenolic OH excluding ortho intramolecular Hbond substituents is 1. The highest BCUT2D eigenvalue weighted by molar-refractivity contribution is 5.95. The molecule has 1 N–H and O–H groups in total. The van der Waals surface area contributed by atoms with Gasteiger partial charge in [0.2, 0.25) is 5.75 Å². The molecular formula is C10H6O5. The first-order valence-electron chi connectivity index (χ1n) is 4.10. The van der Waals surface area contributed by atoms with Crippen molar-refractivity contribution in [1.82, 2.24) is 0 Å². The van der Waals surface area contributed by atoms with E-state index < -0.39 is 11.9 Å². The van der Waals surface area contributed by atoms with E-state index in [-0.39, 0.29) is 17.2 Å². The van der Waals surface area contributed by atoms with E-state index in [1.54, 1.807) is 0 Å². The van der Waals surface area contributed by atoms with Crippen LogP contribution in [0.1, 0.15) is 0 Å². The van der Waals surface area contributed by atoms with Gasteiger partial charge >= 0.3 is 11.9 Å². The fraction of sp³-hybridized carbons (Fsp3) is 0. The molecule has 0 bridgehead atoms. The second-order valence-corrected chi connectivity index (χ2v) is 2.78. The molecule has 0 saturated heterocycles. The zero-order valence-electron chi connectivity index (χ0n) is 7.47. The van der Waals surface area contributed by atoms with E-state index in [0.29, 0.717) is 0 Å². The molecule has 0 spiro atoms. The van der Waals surface area contributed by atoms with Crippen molar-refractivity contribution in [1.29, 1.82) is 0 Å². The van der Waals surface area contributed by atoms with Crippen LogP contribution in [-0.2, 0) is 9.59 Å². The summed E-state index contributed by atoms with van der Waals surface area (Å²) >= 11 is 0. The number of fused-ring (bicyclic) bond motifs is 1. The highest BCUT2D eigenvalue weighted by Crippen LogP contribution is 2.36. The molecule has 0 amide bonds. The van der Waals surface area contributed by atoms with Gasteiger partial charge in [-0.2, -0.15) is 0 Å². The number of carbonyl (C=O) groups excluding carboxylic acids is 2. The Kier molecular flexibility index (Phi) is 2.13. The van der Waals surface area contributed by atoms with Gasteiger partial charge in [-0.15, -0.1) is 0 Å². The maximum Gasteiger partial charge on any atom is 0.336 e. The predicted octanol–water partition coefficient (Wildman–Crippen LogP) is 0.773. The standard InChI is InChI=1S/C10H6O5/c11-6-2-1-3-7-10(6)15-9(13)5-4-8(12)14-7/h1-5,11H/b5-4-. The zero-order chi connectivity index (χ0) is 10.8. The molecule has 0 aromatic heterocycles. The topological polar surface area (TPSA) is 72.8 Å². The Labute approximate surface area is 84.5 Å². The summed E-state index contributed by atoms with van der Waals surface area (Å²) in [5, 5.41) is 9.38. The molecule has 2 rings (SSSR count). The van der Waals surface area contributed by atoms with Crippen molar-refractivity contribution in [3.8, 4) is 17.2 Å². The minimum Gasteiger partial charge on any atom is -0.504 e. The first kappa shape index (κ1) is 9.26. The lowest BCUT2D eigenvalue weighted by atomic mass is 10.3. The lowest BCUT2D eigenvalue weighted by molar-refractivity contribution is -0.133. The molecule has 1 heterocycles. The van der Waals surface area contributed by atoms with E-state index in [1.807, 2.05) is 0 Å². The number of aromatic hydroxyl groups is 1. The van der Waals surface area contributed by atoms with Gasteiger partial charge < -0.3 is 14.6 Å². The molecule has 0 atom stereocenters. The highest BCUT2D eigenvalue weighted by Gasteiger charge is 2.18. The Morgan fingerprint density at radius 2 is 1.67 bits per heavy atom. The van der Waals surface area contributed by atoms with E-state index in [0.717, 1.165) is 12.2 Å². The first-order valence-corrected chi connectivity index (χ1v) is 4.10. The smallest absolute Gasteiger partial charge is 0.336 e. The Morgan fingerprint density at radius 3 is 2.40 bits per heavy atom. The Hall–Kier alpha value is -2.30. The summed E-state index contributed by atoms with van der Waals surface area (Å²) in [5.74, 6) is -1.84. The molecule has 1 aromatic carbocycles. The quantitative estimate of drug-likeness (QED) is 0.501. The van der Waals surface area contributed by atoms with Gasteiger partial charge in [-0.3, -0.25) is 0 Å². The van der Waals surface area contributed by atoms with Crippen LogP contribution in [-0.4, -0.2) is 17.0 Å². The Bertz CT molecular complexity index is 461. The maximum atomic E-state index is 11.1. The predicted molar refractivity (Wildman–Crippen MR) is 48.5 cm³/mol. The average molecular weight is 206 g/mol. The van der Waals surface area contributed by atoms with E-state index in [9.17, 15) is 14.7 Å². The minimum atomic E-state index is -0.741. The van der Waals surface area contributed by atoms with Crippen molar-refractivity contribution in [3.05, 3.63) is 30.4 Å². The lowest BCUT2D eigenvalue weighted by Gasteiger charge is -2.11. The van der Waals surface area contributed by atoms with Crippen molar-refractivity contribution in [2.45, 2.75) is 0 Å². The van der Waals surface area contributed by atoms with Crippen molar-refractivity contribution in [2.75, 3.05) is 0 Å². The Balaban J connectivity index is 2.51. The summed E-state index contributed by atoms with van der Waals surface area (Å²) in [6, 6.07) is 4.21. The zero-order valence-corrected chi connectivity index (χ0v) is 7.47. The van der Waals surface area contributed by atoms with Crippen molar-refractivity contribution in [2.24, 2.45) is 0 Å². The number of rotatable bonds is 0. The van der Waals surface area contributed by atoms with Crippen LogP contribution in [0, 0.1) is 0 Å². The van der Waals surface area contributed by atoms with Crippen LogP contribution in [0.2, 0.25) is 0 Å². The number of hydrogen-bond donors (Lipinski definition) is 1. The SMILES string of the molecule is O=C1/C=C\C(=O)Oc2c(O)cccc2O1. The third-order valence-electron chi connectivity index (χ3n) is 1.73. The van der Waals surface area contributed by atoms with Crippen molar-refractivity contribution in [3.63, 3.8) is 0 Å². The molecule has 0 saturated carbocycles. The molecule has 1 aliphatic heterocycles. The van der Waals surface area contributed by atoms with E-state index >= 15 is 0 Å². The van der Waals surface area contributed by atoms with Gasteiger partial charge in [-0.1, -0.05) is 6.07 Å². The number of benzene rings is 1. The molecule has 5 heteroatoms. The normalized spacial score (nSPS) is 16.8. The molecule has 1 aliphatic rings. The molecule has 0 radical (unpaired) electrons. The molecule has 15 heavy (non-hydrogen) atoms. The fourth-order valence-corrected chi connectivity index (χ4v) is 1.10. The third kappa shape index (κ3) is 1.80. The monoisotopic (exact) mass is 206 g/mol. The van der Waals surface area contributed by atoms with Gasteiger partial charge in [-0.25, -0.2) is 9.59 Å². The van der Waals surface area contributed by atoms with Crippen LogP contribution >= 0.6 is 0 Å². The van der Waals surface area contributed by atoms with Crippen LogP contribution < -0.4 is 9.47 Å². The number of carbonyl (C=O) groups is 2. The minimum absolute atomic E-state index is 0.0118. The number of phenols is 1. The number of esters is 2. The van der Waals surface area contributed by atoms with Crippen LogP contribution in [0.25, 0.3) is 0 Å². The highest BCUT2D eigenvalue weighted by atomic mass is 16.6.